The first-order chi connectivity index (χ1) is 11.1. The highest BCUT2D eigenvalue weighted by atomic mass is 19.1. The summed E-state index contributed by atoms with van der Waals surface area (Å²) in [5, 5.41) is 2.92. The number of halogens is 1. The summed E-state index contributed by atoms with van der Waals surface area (Å²) in [5.74, 6) is 0.118. The molecule has 0 aromatic carbocycles. The Hall–Kier alpha value is -1.73. The van der Waals surface area contributed by atoms with Gasteiger partial charge in [-0.1, -0.05) is 0 Å². The molecule has 1 N–H and O–H groups in total. The number of anilines is 1. The van der Waals surface area contributed by atoms with Gasteiger partial charge in [-0.15, -0.1) is 0 Å². The number of pyridine rings is 1. The van der Waals surface area contributed by atoms with Crippen LogP contribution < -0.4 is 10.2 Å². The third kappa shape index (κ3) is 4.87. The summed E-state index contributed by atoms with van der Waals surface area (Å²) in [6.07, 6.45) is 2.41. The molecule has 0 saturated carbocycles. The van der Waals surface area contributed by atoms with E-state index in [-0.39, 0.29) is 17.8 Å². The van der Waals surface area contributed by atoms with E-state index in [2.05, 4.69) is 15.2 Å². The van der Waals surface area contributed by atoms with Gasteiger partial charge >= 0.3 is 0 Å². The smallest absolute Gasteiger partial charge is 0.237 e. The molecule has 1 fully saturated rings. The van der Waals surface area contributed by atoms with Crippen molar-refractivity contribution in [1.29, 1.82) is 0 Å². The van der Waals surface area contributed by atoms with Crippen molar-refractivity contribution in [2.45, 2.75) is 19.4 Å². The van der Waals surface area contributed by atoms with Gasteiger partial charge in [0.05, 0.1) is 6.04 Å². The van der Waals surface area contributed by atoms with Gasteiger partial charge in [0.2, 0.25) is 5.91 Å². The standard InChI is InChI=1S/C16H25FN4O2/c1-13(16(22)19-7-4-12-23-2)20-8-10-21(11-9-20)15-14(17)5-3-6-18-15/h3,5-6,13H,4,7-12H2,1-2H3,(H,19,22)/t13-/m0/s1. The number of piperazine rings is 1. The number of carbonyl (C=O) groups excluding carboxylic acids is 1. The molecule has 23 heavy (non-hydrogen) atoms. The van der Waals surface area contributed by atoms with Crippen molar-refractivity contribution in [2.24, 2.45) is 0 Å². The lowest BCUT2D eigenvalue weighted by molar-refractivity contribution is -0.126. The molecule has 0 unspecified atom stereocenters. The second kappa shape index (κ2) is 8.79. The van der Waals surface area contributed by atoms with E-state index in [4.69, 9.17) is 4.74 Å². The maximum atomic E-state index is 13.8. The van der Waals surface area contributed by atoms with Crippen molar-refractivity contribution in [3.63, 3.8) is 0 Å². The van der Waals surface area contributed by atoms with Gasteiger partial charge in [-0.25, -0.2) is 9.37 Å². The van der Waals surface area contributed by atoms with Gasteiger partial charge in [0.1, 0.15) is 0 Å². The molecule has 7 heteroatoms. The molecule has 0 bridgehead atoms. The zero-order chi connectivity index (χ0) is 16.7. The molecule has 0 spiro atoms. The van der Waals surface area contributed by atoms with Gasteiger partial charge in [-0.05, 0) is 25.5 Å². The zero-order valence-electron chi connectivity index (χ0n) is 13.8. The van der Waals surface area contributed by atoms with Crippen molar-refractivity contribution in [2.75, 3.05) is 51.3 Å². The first-order valence-electron chi connectivity index (χ1n) is 7.99. The van der Waals surface area contributed by atoms with Crippen LogP contribution in [-0.2, 0) is 9.53 Å². The summed E-state index contributed by atoms with van der Waals surface area (Å²) in [5.41, 5.74) is 0. The lowest BCUT2D eigenvalue weighted by Crippen LogP contribution is -2.54. The molecule has 1 amide bonds. The molecule has 1 aromatic rings. The summed E-state index contributed by atoms with van der Waals surface area (Å²) in [6.45, 7) is 5.91. The number of ether oxygens (including phenoxy) is 1. The van der Waals surface area contributed by atoms with Crippen LogP contribution in [0.4, 0.5) is 10.2 Å². The number of methoxy groups -OCH3 is 1. The molecule has 1 saturated heterocycles. The van der Waals surface area contributed by atoms with Gasteiger partial charge in [0.15, 0.2) is 11.6 Å². The van der Waals surface area contributed by atoms with Crippen LogP contribution in [0.1, 0.15) is 13.3 Å². The SMILES string of the molecule is COCCCNC(=O)[C@H](C)N1CCN(c2ncccc2F)CC1. The van der Waals surface area contributed by atoms with E-state index in [1.54, 1.807) is 19.4 Å². The van der Waals surface area contributed by atoms with Crippen molar-refractivity contribution in [3.05, 3.63) is 24.1 Å². The lowest BCUT2D eigenvalue weighted by atomic mass is 10.2. The van der Waals surface area contributed by atoms with Crippen molar-refractivity contribution in [3.8, 4) is 0 Å². The minimum Gasteiger partial charge on any atom is -0.385 e. The highest BCUT2D eigenvalue weighted by molar-refractivity contribution is 5.81. The number of amides is 1. The Morgan fingerprint density at radius 1 is 1.43 bits per heavy atom. The maximum absolute atomic E-state index is 13.8. The summed E-state index contributed by atoms with van der Waals surface area (Å²) in [4.78, 5) is 20.3. The third-order valence-corrected chi connectivity index (χ3v) is 4.10. The lowest BCUT2D eigenvalue weighted by Gasteiger charge is -2.38. The maximum Gasteiger partial charge on any atom is 0.237 e. The van der Waals surface area contributed by atoms with E-state index in [0.29, 0.717) is 45.1 Å². The minimum atomic E-state index is -0.301. The number of nitrogens with zero attached hydrogens (tertiary/aromatic N) is 3. The highest BCUT2D eigenvalue weighted by Gasteiger charge is 2.26. The van der Waals surface area contributed by atoms with E-state index in [0.717, 1.165) is 6.42 Å². The highest BCUT2D eigenvalue weighted by Crippen LogP contribution is 2.17. The monoisotopic (exact) mass is 324 g/mol. The summed E-state index contributed by atoms with van der Waals surface area (Å²) in [6, 6.07) is 2.82. The second-order valence-electron chi connectivity index (χ2n) is 5.65. The Bertz CT molecular complexity index is 507. The quantitative estimate of drug-likeness (QED) is 0.755. The van der Waals surface area contributed by atoms with E-state index < -0.39 is 0 Å². The van der Waals surface area contributed by atoms with Crippen LogP contribution >= 0.6 is 0 Å². The first-order valence-corrected chi connectivity index (χ1v) is 7.99. The Balaban J connectivity index is 1.79. The van der Waals surface area contributed by atoms with Crippen LogP contribution in [0, 0.1) is 5.82 Å². The van der Waals surface area contributed by atoms with Gasteiger partial charge in [-0.3, -0.25) is 9.69 Å². The van der Waals surface area contributed by atoms with Crippen LogP contribution in [0.2, 0.25) is 0 Å². The molecule has 0 aliphatic carbocycles. The van der Waals surface area contributed by atoms with Crippen LogP contribution in [0.15, 0.2) is 18.3 Å². The number of hydrogen-bond acceptors (Lipinski definition) is 5. The van der Waals surface area contributed by atoms with Gasteiger partial charge in [0.25, 0.3) is 0 Å². The Morgan fingerprint density at radius 3 is 2.83 bits per heavy atom. The molecule has 128 valence electrons. The number of nitrogens with one attached hydrogen (secondary N) is 1. The second-order valence-corrected chi connectivity index (χ2v) is 5.65. The normalized spacial score (nSPS) is 17.1. The summed E-state index contributed by atoms with van der Waals surface area (Å²) >= 11 is 0. The van der Waals surface area contributed by atoms with Gasteiger partial charge < -0.3 is 15.0 Å². The Kier molecular flexibility index (Phi) is 6.73. The molecule has 2 rings (SSSR count). The van der Waals surface area contributed by atoms with Crippen molar-refractivity contribution in [1.82, 2.24) is 15.2 Å². The third-order valence-electron chi connectivity index (χ3n) is 4.10. The fourth-order valence-corrected chi connectivity index (χ4v) is 2.67. The molecule has 1 atom stereocenters. The van der Waals surface area contributed by atoms with Crippen molar-refractivity contribution < 1.29 is 13.9 Å². The average Bonchev–Trinajstić information content (AvgIpc) is 2.58. The Labute approximate surface area is 136 Å². The number of hydrogen-bond donors (Lipinski definition) is 1. The van der Waals surface area contributed by atoms with Crippen molar-refractivity contribution >= 4 is 11.7 Å². The molecule has 1 aliphatic rings. The summed E-state index contributed by atoms with van der Waals surface area (Å²) < 4.78 is 18.7. The fraction of sp³-hybridized carbons (Fsp3) is 0.625. The first kappa shape index (κ1) is 17.6. The molecule has 1 aliphatic heterocycles. The average molecular weight is 324 g/mol. The van der Waals surface area contributed by atoms with Crippen LogP contribution in [0.5, 0.6) is 0 Å². The molecular formula is C16H25FN4O2. The molecule has 6 nitrogen and oxygen atoms in total. The molecule has 2 heterocycles. The number of aromatic nitrogens is 1. The van der Waals surface area contributed by atoms with E-state index in [9.17, 15) is 9.18 Å². The van der Waals surface area contributed by atoms with Crippen LogP contribution in [-0.4, -0.2) is 68.3 Å². The number of rotatable bonds is 7. The predicted octanol–water partition coefficient (Wildman–Crippen LogP) is 0.884. The Morgan fingerprint density at radius 2 is 2.17 bits per heavy atom. The van der Waals surface area contributed by atoms with Crippen LogP contribution in [0.3, 0.4) is 0 Å². The van der Waals surface area contributed by atoms with E-state index in [1.165, 1.54) is 6.07 Å². The minimum absolute atomic E-state index is 0.0265. The molecular weight excluding hydrogens is 299 g/mol. The van der Waals surface area contributed by atoms with Gasteiger partial charge in [0, 0.05) is 52.6 Å². The predicted molar refractivity (Wildman–Crippen MR) is 86.9 cm³/mol. The topological polar surface area (TPSA) is 57.7 Å². The summed E-state index contributed by atoms with van der Waals surface area (Å²) in [7, 11) is 1.65. The largest absolute Gasteiger partial charge is 0.385 e. The fourth-order valence-electron chi connectivity index (χ4n) is 2.67. The van der Waals surface area contributed by atoms with Gasteiger partial charge in [-0.2, -0.15) is 0 Å². The molecule has 0 radical (unpaired) electrons. The van der Waals surface area contributed by atoms with Crippen LogP contribution in [0.25, 0.3) is 0 Å². The van der Waals surface area contributed by atoms with E-state index >= 15 is 0 Å². The van der Waals surface area contributed by atoms with E-state index in [1.807, 2.05) is 11.8 Å². The molecule has 1 aromatic heterocycles. The zero-order valence-corrected chi connectivity index (χ0v) is 13.8. The number of carbonyl (C=O) groups is 1.